The van der Waals surface area contributed by atoms with Crippen molar-refractivity contribution in [1.29, 1.82) is 0 Å². The van der Waals surface area contributed by atoms with Crippen LogP contribution in [0.3, 0.4) is 0 Å². The third kappa shape index (κ3) is 2.64. The average molecular weight is 205 g/mol. The first kappa shape index (κ1) is 11.4. The smallest absolute Gasteiger partial charge is 0.180 e. The van der Waals surface area contributed by atoms with Crippen molar-refractivity contribution in [3.05, 3.63) is 35.1 Å². The maximum absolute atomic E-state index is 12.8. The highest BCUT2D eigenvalue weighted by Crippen LogP contribution is 2.12. The number of terminal acetylenes is 1. The predicted molar refractivity (Wildman–Crippen MR) is 56.9 cm³/mol. The van der Waals surface area contributed by atoms with E-state index in [1.54, 1.807) is 6.92 Å². The summed E-state index contributed by atoms with van der Waals surface area (Å²) >= 11 is 0. The molecular weight excluding hydrogens is 193 g/mol. The van der Waals surface area contributed by atoms with E-state index in [1.807, 2.05) is 0 Å². The molecule has 1 atom stereocenters. The SMILES string of the molecule is C#CCC(N)C(=O)c1ccc(F)cc1C. The fourth-order valence-corrected chi connectivity index (χ4v) is 1.32. The minimum Gasteiger partial charge on any atom is -0.320 e. The van der Waals surface area contributed by atoms with Crippen LogP contribution in [0, 0.1) is 25.1 Å². The Labute approximate surface area is 88.3 Å². The van der Waals surface area contributed by atoms with E-state index in [2.05, 4.69) is 5.92 Å². The van der Waals surface area contributed by atoms with Gasteiger partial charge in [0.2, 0.25) is 0 Å². The summed E-state index contributed by atoms with van der Waals surface area (Å²) in [4.78, 5) is 11.7. The molecule has 3 heteroatoms. The Morgan fingerprint density at radius 2 is 2.33 bits per heavy atom. The van der Waals surface area contributed by atoms with Gasteiger partial charge in [0.15, 0.2) is 5.78 Å². The van der Waals surface area contributed by atoms with Crippen LogP contribution in [0.25, 0.3) is 0 Å². The Hall–Kier alpha value is -1.66. The van der Waals surface area contributed by atoms with Crippen molar-refractivity contribution >= 4 is 5.78 Å². The lowest BCUT2D eigenvalue weighted by atomic mass is 9.98. The number of aryl methyl sites for hydroxylation is 1. The summed E-state index contributed by atoms with van der Waals surface area (Å²) in [6.45, 7) is 1.67. The molecule has 1 rings (SSSR count). The molecule has 0 aromatic heterocycles. The van der Waals surface area contributed by atoms with Crippen LogP contribution >= 0.6 is 0 Å². The molecule has 1 aromatic carbocycles. The average Bonchev–Trinajstić information content (AvgIpc) is 2.17. The van der Waals surface area contributed by atoms with Crippen LogP contribution in [-0.4, -0.2) is 11.8 Å². The van der Waals surface area contributed by atoms with Crippen LogP contribution in [0.5, 0.6) is 0 Å². The zero-order chi connectivity index (χ0) is 11.4. The quantitative estimate of drug-likeness (QED) is 0.602. The zero-order valence-corrected chi connectivity index (χ0v) is 8.46. The number of hydrogen-bond donors (Lipinski definition) is 1. The molecule has 0 amide bonds. The first-order valence-electron chi connectivity index (χ1n) is 4.55. The number of nitrogens with two attached hydrogens (primary N) is 1. The largest absolute Gasteiger partial charge is 0.320 e. The molecule has 0 saturated heterocycles. The van der Waals surface area contributed by atoms with Gasteiger partial charge in [0.1, 0.15) is 5.82 Å². The molecule has 0 aliphatic rings. The van der Waals surface area contributed by atoms with Gasteiger partial charge >= 0.3 is 0 Å². The molecule has 0 aliphatic heterocycles. The third-order valence-corrected chi connectivity index (χ3v) is 2.13. The maximum Gasteiger partial charge on any atom is 0.180 e. The molecule has 0 aliphatic carbocycles. The van der Waals surface area contributed by atoms with Gasteiger partial charge in [0.05, 0.1) is 6.04 Å². The molecule has 0 fully saturated rings. The van der Waals surface area contributed by atoms with E-state index in [0.717, 1.165) is 0 Å². The molecule has 1 aromatic rings. The second kappa shape index (κ2) is 4.72. The van der Waals surface area contributed by atoms with Gasteiger partial charge in [-0.25, -0.2) is 4.39 Å². The van der Waals surface area contributed by atoms with Crippen LogP contribution in [0.4, 0.5) is 4.39 Å². The lowest BCUT2D eigenvalue weighted by Gasteiger charge is -2.09. The molecule has 2 nitrogen and oxygen atoms in total. The number of carbonyl (C=O) groups is 1. The third-order valence-electron chi connectivity index (χ3n) is 2.13. The summed E-state index contributed by atoms with van der Waals surface area (Å²) < 4.78 is 12.8. The topological polar surface area (TPSA) is 43.1 Å². The second-order valence-electron chi connectivity index (χ2n) is 3.34. The molecule has 0 saturated carbocycles. The van der Waals surface area contributed by atoms with Gasteiger partial charge in [-0.15, -0.1) is 12.3 Å². The van der Waals surface area contributed by atoms with Gasteiger partial charge in [-0.3, -0.25) is 4.79 Å². The van der Waals surface area contributed by atoms with Crippen LogP contribution in [0.2, 0.25) is 0 Å². The number of carbonyl (C=O) groups excluding carboxylic acids is 1. The van der Waals surface area contributed by atoms with Crippen molar-refractivity contribution in [3.63, 3.8) is 0 Å². The van der Waals surface area contributed by atoms with E-state index in [4.69, 9.17) is 12.2 Å². The molecule has 15 heavy (non-hydrogen) atoms. The molecule has 0 heterocycles. The summed E-state index contributed by atoms with van der Waals surface area (Å²) in [6, 6.07) is 3.27. The minimum absolute atomic E-state index is 0.190. The van der Waals surface area contributed by atoms with E-state index >= 15 is 0 Å². The molecule has 0 bridgehead atoms. The summed E-state index contributed by atoms with van der Waals surface area (Å²) in [7, 11) is 0. The fourth-order valence-electron chi connectivity index (χ4n) is 1.32. The van der Waals surface area contributed by atoms with Crippen molar-refractivity contribution in [1.82, 2.24) is 0 Å². The first-order valence-corrected chi connectivity index (χ1v) is 4.55. The van der Waals surface area contributed by atoms with Gasteiger partial charge in [0, 0.05) is 12.0 Å². The normalized spacial score (nSPS) is 11.9. The highest BCUT2D eigenvalue weighted by atomic mass is 19.1. The van der Waals surface area contributed by atoms with Crippen molar-refractivity contribution in [2.45, 2.75) is 19.4 Å². The highest BCUT2D eigenvalue weighted by Gasteiger charge is 2.16. The summed E-state index contributed by atoms with van der Waals surface area (Å²) in [6.07, 6.45) is 5.26. The first-order chi connectivity index (χ1) is 7.06. The number of benzene rings is 1. The number of Topliss-reactive ketones (excluding diaryl/α,β-unsaturated/α-hetero) is 1. The van der Waals surface area contributed by atoms with Gasteiger partial charge in [-0.1, -0.05) is 0 Å². The summed E-state index contributed by atoms with van der Waals surface area (Å²) in [5.41, 5.74) is 6.59. The second-order valence-corrected chi connectivity index (χ2v) is 3.34. The van der Waals surface area contributed by atoms with Crippen molar-refractivity contribution in [2.75, 3.05) is 0 Å². The van der Waals surface area contributed by atoms with Crippen LogP contribution < -0.4 is 5.73 Å². The number of rotatable bonds is 3. The summed E-state index contributed by atoms with van der Waals surface area (Å²) in [5, 5.41) is 0. The Balaban J connectivity index is 2.97. The minimum atomic E-state index is -0.709. The monoisotopic (exact) mass is 205 g/mol. The molecule has 0 spiro atoms. The van der Waals surface area contributed by atoms with E-state index in [1.165, 1.54) is 18.2 Å². The van der Waals surface area contributed by atoms with Crippen molar-refractivity contribution in [3.8, 4) is 12.3 Å². The van der Waals surface area contributed by atoms with Crippen LogP contribution in [0.1, 0.15) is 22.3 Å². The predicted octanol–water partition coefficient (Wildman–Crippen LogP) is 1.67. The number of hydrogen-bond acceptors (Lipinski definition) is 2. The molecule has 2 N–H and O–H groups in total. The van der Waals surface area contributed by atoms with Crippen LogP contribution in [-0.2, 0) is 0 Å². The van der Waals surface area contributed by atoms with E-state index in [9.17, 15) is 9.18 Å². The molecular formula is C12H12FNO. The van der Waals surface area contributed by atoms with Gasteiger partial charge in [-0.2, -0.15) is 0 Å². The molecule has 0 radical (unpaired) electrons. The Kier molecular flexibility index (Phi) is 3.59. The number of ketones is 1. The lowest BCUT2D eigenvalue weighted by Crippen LogP contribution is -2.30. The van der Waals surface area contributed by atoms with Crippen molar-refractivity contribution < 1.29 is 9.18 Å². The van der Waals surface area contributed by atoms with Gasteiger partial charge in [0.25, 0.3) is 0 Å². The Bertz CT molecular complexity index is 420. The Morgan fingerprint density at radius 1 is 1.67 bits per heavy atom. The summed E-state index contributed by atoms with van der Waals surface area (Å²) in [5.74, 6) is 1.72. The highest BCUT2D eigenvalue weighted by molar-refractivity contribution is 6.01. The molecule has 1 unspecified atom stereocenters. The molecule has 78 valence electrons. The van der Waals surface area contributed by atoms with Gasteiger partial charge in [-0.05, 0) is 30.7 Å². The lowest BCUT2D eigenvalue weighted by molar-refractivity contribution is 0.0962. The van der Waals surface area contributed by atoms with E-state index in [0.29, 0.717) is 11.1 Å². The van der Waals surface area contributed by atoms with E-state index in [-0.39, 0.29) is 18.0 Å². The van der Waals surface area contributed by atoms with Crippen molar-refractivity contribution in [2.24, 2.45) is 5.73 Å². The fraction of sp³-hybridized carbons (Fsp3) is 0.250. The van der Waals surface area contributed by atoms with E-state index < -0.39 is 6.04 Å². The van der Waals surface area contributed by atoms with Crippen LogP contribution in [0.15, 0.2) is 18.2 Å². The Morgan fingerprint density at radius 3 is 2.87 bits per heavy atom. The standard InChI is InChI=1S/C12H12FNO/c1-3-4-11(14)12(15)10-6-5-9(13)7-8(10)2/h1,5-7,11H,4,14H2,2H3. The van der Waals surface area contributed by atoms with Gasteiger partial charge < -0.3 is 5.73 Å². The maximum atomic E-state index is 12.8. The zero-order valence-electron chi connectivity index (χ0n) is 8.46. The number of halogens is 1.